The van der Waals surface area contributed by atoms with Gasteiger partial charge in [-0.3, -0.25) is 9.48 Å². The van der Waals surface area contributed by atoms with Gasteiger partial charge in [-0.25, -0.2) is 4.98 Å². The van der Waals surface area contributed by atoms with Gasteiger partial charge in [0.2, 0.25) is 0 Å². The third kappa shape index (κ3) is 1.83. The summed E-state index contributed by atoms with van der Waals surface area (Å²) in [6.07, 6.45) is 3.36. The Balaban J connectivity index is 2.41. The number of thiazole rings is 1. The molecule has 0 amide bonds. The van der Waals surface area contributed by atoms with Gasteiger partial charge in [0, 0.05) is 25.9 Å². The van der Waals surface area contributed by atoms with Crippen molar-refractivity contribution in [2.75, 3.05) is 0 Å². The number of carbonyl (C=O) groups is 1. The predicted molar refractivity (Wildman–Crippen MR) is 59.0 cm³/mol. The minimum atomic E-state index is 0.0568. The first kappa shape index (κ1) is 10.0. The summed E-state index contributed by atoms with van der Waals surface area (Å²) in [6.45, 7) is 4.38. The van der Waals surface area contributed by atoms with Crippen LogP contribution in [0.25, 0.3) is 10.7 Å². The van der Waals surface area contributed by atoms with Crippen LogP contribution in [0.4, 0.5) is 0 Å². The first-order chi connectivity index (χ1) is 7.22. The lowest BCUT2D eigenvalue weighted by Crippen LogP contribution is -1.97. The average Bonchev–Trinajstić information content (AvgIpc) is 2.85. The van der Waals surface area contributed by atoms with Crippen LogP contribution in [0.1, 0.15) is 23.5 Å². The molecule has 0 fully saturated rings. The molecular formula is C10H11N3OS. The minimum absolute atomic E-state index is 0.0568. The quantitative estimate of drug-likeness (QED) is 0.747. The van der Waals surface area contributed by atoms with Crippen LogP contribution < -0.4 is 0 Å². The van der Waals surface area contributed by atoms with E-state index in [4.69, 9.17) is 0 Å². The van der Waals surface area contributed by atoms with Crippen molar-refractivity contribution in [2.24, 2.45) is 0 Å². The second-order valence-corrected chi connectivity index (χ2v) is 4.15. The van der Waals surface area contributed by atoms with Crippen molar-refractivity contribution in [2.45, 2.75) is 20.4 Å². The van der Waals surface area contributed by atoms with E-state index in [1.165, 1.54) is 11.3 Å². The van der Waals surface area contributed by atoms with Crippen molar-refractivity contribution >= 4 is 17.1 Å². The average molecular weight is 221 g/mol. The molecule has 0 saturated heterocycles. The number of aromatic nitrogens is 3. The van der Waals surface area contributed by atoms with E-state index in [-0.39, 0.29) is 5.78 Å². The van der Waals surface area contributed by atoms with Crippen LogP contribution in [-0.2, 0) is 6.54 Å². The Labute approximate surface area is 91.6 Å². The molecule has 2 heterocycles. The zero-order valence-corrected chi connectivity index (χ0v) is 9.41. The highest BCUT2D eigenvalue weighted by atomic mass is 32.1. The Morgan fingerprint density at radius 1 is 1.60 bits per heavy atom. The van der Waals surface area contributed by atoms with E-state index < -0.39 is 0 Å². The van der Waals surface area contributed by atoms with Crippen LogP contribution in [0.3, 0.4) is 0 Å². The van der Waals surface area contributed by atoms with E-state index in [1.807, 2.05) is 17.7 Å². The molecule has 0 aromatic carbocycles. The summed E-state index contributed by atoms with van der Waals surface area (Å²) in [5.74, 6) is 0.0568. The third-order valence-corrected chi connectivity index (χ3v) is 3.21. The summed E-state index contributed by atoms with van der Waals surface area (Å²) < 4.78 is 1.86. The molecule has 2 rings (SSSR count). The highest BCUT2D eigenvalue weighted by molar-refractivity contribution is 7.16. The first-order valence-corrected chi connectivity index (χ1v) is 5.53. The number of carbonyl (C=O) groups excluding carboxylic acids is 1. The number of ketones is 1. The lowest BCUT2D eigenvalue weighted by Gasteiger charge is -1.99. The number of rotatable bonds is 3. The molecule has 0 N–H and O–H groups in total. The van der Waals surface area contributed by atoms with Crippen molar-refractivity contribution in [3.8, 4) is 10.7 Å². The topological polar surface area (TPSA) is 47.8 Å². The van der Waals surface area contributed by atoms with E-state index in [1.54, 1.807) is 19.3 Å². The van der Waals surface area contributed by atoms with Gasteiger partial charge in [-0.2, -0.15) is 5.10 Å². The molecule has 0 radical (unpaired) electrons. The van der Waals surface area contributed by atoms with Crippen LogP contribution in [0, 0.1) is 0 Å². The monoisotopic (exact) mass is 221 g/mol. The largest absolute Gasteiger partial charge is 0.294 e. The molecular weight excluding hydrogens is 210 g/mol. The summed E-state index contributed by atoms with van der Waals surface area (Å²) in [4.78, 5) is 16.0. The lowest BCUT2D eigenvalue weighted by molar-refractivity contribution is 0.102. The third-order valence-electron chi connectivity index (χ3n) is 2.09. The molecule has 0 aliphatic rings. The Bertz CT molecular complexity index is 486. The number of aryl methyl sites for hydroxylation is 1. The van der Waals surface area contributed by atoms with E-state index in [0.717, 1.165) is 17.2 Å². The normalized spacial score (nSPS) is 10.5. The zero-order valence-electron chi connectivity index (χ0n) is 8.60. The summed E-state index contributed by atoms with van der Waals surface area (Å²) in [6, 6.07) is 1.91. The van der Waals surface area contributed by atoms with Gasteiger partial charge in [-0.1, -0.05) is 0 Å². The second-order valence-electron chi connectivity index (χ2n) is 3.12. The molecule has 0 saturated carbocycles. The van der Waals surface area contributed by atoms with Crippen LogP contribution in [0.2, 0.25) is 0 Å². The summed E-state index contributed by atoms with van der Waals surface area (Å²) in [7, 11) is 0. The van der Waals surface area contributed by atoms with Gasteiger partial charge in [-0.05, 0) is 13.0 Å². The Hall–Kier alpha value is -1.49. The van der Waals surface area contributed by atoms with Crippen molar-refractivity contribution < 1.29 is 4.79 Å². The van der Waals surface area contributed by atoms with Crippen molar-refractivity contribution in [1.82, 2.24) is 14.8 Å². The molecule has 4 nitrogen and oxygen atoms in total. The van der Waals surface area contributed by atoms with Crippen molar-refractivity contribution in [3.05, 3.63) is 23.3 Å². The number of nitrogens with zero attached hydrogens (tertiary/aromatic N) is 3. The van der Waals surface area contributed by atoms with Crippen LogP contribution >= 0.6 is 11.3 Å². The maximum absolute atomic E-state index is 11.1. The fraction of sp³-hybridized carbons (Fsp3) is 0.300. The summed E-state index contributed by atoms with van der Waals surface area (Å²) in [5.41, 5.74) is 0.968. The number of hydrogen-bond donors (Lipinski definition) is 0. The van der Waals surface area contributed by atoms with Gasteiger partial charge in [-0.15, -0.1) is 11.3 Å². The molecule has 0 aliphatic carbocycles. The Morgan fingerprint density at radius 3 is 3.00 bits per heavy atom. The maximum Gasteiger partial charge on any atom is 0.171 e. The second kappa shape index (κ2) is 3.94. The van der Waals surface area contributed by atoms with Gasteiger partial charge < -0.3 is 0 Å². The SMILES string of the molecule is CCn1nccc1-c1ncc(C(C)=O)s1. The number of hydrogen-bond acceptors (Lipinski definition) is 4. The van der Waals surface area contributed by atoms with E-state index in [2.05, 4.69) is 10.1 Å². The van der Waals surface area contributed by atoms with Gasteiger partial charge in [0.1, 0.15) is 5.01 Å². The van der Waals surface area contributed by atoms with Crippen molar-refractivity contribution in [1.29, 1.82) is 0 Å². The Kier molecular flexibility index (Phi) is 2.64. The molecule has 0 bridgehead atoms. The van der Waals surface area contributed by atoms with E-state index in [0.29, 0.717) is 4.88 Å². The maximum atomic E-state index is 11.1. The molecule has 2 aromatic rings. The van der Waals surface area contributed by atoms with Gasteiger partial charge >= 0.3 is 0 Å². The molecule has 15 heavy (non-hydrogen) atoms. The highest BCUT2D eigenvalue weighted by Gasteiger charge is 2.10. The van der Waals surface area contributed by atoms with Crippen LogP contribution in [-0.4, -0.2) is 20.5 Å². The standard InChI is InChI=1S/C10H11N3OS/c1-3-13-8(4-5-12-13)10-11-6-9(15-10)7(2)14/h4-6H,3H2,1-2H3. The fourth-order valence-electron chi connectivity index (χ4n) is 1.32. The lowest BCUT2D eigenvalue weighted by atomic mass is 10.4. The molecule has 0 spiro atoms. The molecule has 0 unspecified atom stereocenters. The molecule has 78 valence electrons. The van der Waals surface area contributed by atoms with Gasteiger partial charge in [0.25, 0.3) is 0 Å². The molecule has 2 aromatic heterocycles. The minimum Gasteiger partial charge on any atom is -0.294 e. The van der Waals surface area contributed by atoms with E-state index >= 15 is 0 Å². The molecule has 0 aliphatic heterocycles. The Morgan fingerprint density at radius 2 is 2.40 bits per heavy atom. The zero-order chi connectivity index (χ0) is 10.8. The highest BCUT2D eigenvalue weighted by Crippen LogP contribution is 2.24. The first-order valence-electron chi connectivity index (χ1n) is 4.71. The fourth-order valence-corrected chi connectivity index (χ4v) is 2.16. The predicted octanol–water partition coefficient (Wildman–Crippen LogP) is 2.23. The summed E-state index contributed by atoms with van der Waals surface area (Å²) >= 11 is 1.41. The van der Waals surface area contributed by atoms with Crippen LogP contribution in [0.15, 0.2) is 18.5 Å². The van der Waals surface area contributed by atoms with Crippen molar-refractivity contribution in [3.63, 3.8) is 0 Å². The van der Waals surface area contributed by atoms with Gasteiger partial charge in [0.05, 0.1) is 10.6 Å². The van der Waals surface area contributed by atoms with Gasteiger partial charge in [0.15, 0.2) is 5.78 Å². The summed E-state index contributed by atoms with van der Waals surface area (Å²) in [5, 5.41) is 5.01. The smallest absolute Gasteiger partial charge is 0.171 e. The van der Waals surface area contributed by atoms with Crippen LogP contribution in [0.5, 0.6) is 0 Å². The molecule has 5 heteroatoms. The van der Waals surface area contributed by atoms with E-state index in [9.17, 15) is 4.79 Å². The molecule has 0 atom stereocenters. The number of Topliss-reactive ketones (excluding diaryl/α,β-unsaturated/α-hetero) is 1.